The van der Waals surface area contributed by atoms with Gasteiger partial charge in [-0.3, -0.25) is 13.9 Å². The molecule has 0 unspecified atom stereocenters. The minimum Gasteiger partial charge on any atom is -0.357 e. The lowest BCUT2D eigenvalue weighted by atomic mass is 10.1. The Hall–Kier alpha value is -2.39. The highest BCUT2D eigenvalue weighted by atomic mass is 79.9. The summed E-state index contributed by atoms with van der Waals surface area (Å²) in [6.45, 7) is 3.39. The molecular formula is C22H28BrN3O4S. The van der Waals surface area contributed by atoms with Gasteiger partial charge in [-0.15, -0.1) is 0 Å². The third-order valence-corrected chi connectivity index (χ3v) is 6.60. The first-order valence-electron chi connectivity index (χ1n) is 9.89. The Morgan fingerprint density at radius 1 is 1.10 bits per heavy atom. The highest BCUT2D eigenvalue weighted by Gasteiger charge is 2.29. The van der Waals surface area contributed by atoms with Crippen molar-refractivity contribution in [3.63, 3.8) is 0 Å². The summed E-state index contributed by atoms with van der Waals surface area (Å²) in [6, 6.07) is 13.7. The van der Waals surface area contributed by atoms with Gasteiger partial charge in [0, 0.05) is 18.1 Å². The standard InChI is InChI=1S/C22H28BrN3O4S/c1-5-17-9-11-20(12-10-17)26(31(4,29)30)15-21(27)25(16(2)22(28)24-3)14-18-7-6-8-19(23)13-18/h6-13,16H,5,14-15H2,1-4H3,(H,24,28)/t16-/m1/s1. The number of rotatable bonds is 9. The molecule has 0 radical (unpaired) electrons. The number of hydrogen-bond acceptors (Lipinski definition) is 4. The molecule has 9 heteroatoms. The molecule has 0 aromatic heterocycles. The zero-order valence-corrected chi connectivity index (χ0v) is 20.5. The summed E-state index contributed by atoms with van der Waals surface area (Å²) < 4.78 is 26.9. The lowest BCUT2D eigenvalue weighted by Crippen LogP contribution is -2.50. The summed E-state index contributed by atoms with van der Waals surface area (Å²) in [6.07, 6.45) is 1.89. The first-order chi connectivity index (χ1) is 14.6. The van der Waals surface area contributed by atoms with Crippen LogP contribution in [0.1, 0.15) is 25.0 Å². The molecule has 2 aromatic carbocycles. The number of likely N-dealkylation sites (N-methyl/N-ethyl adjacent to an activating group) is 1. The second-order valence-electron chi connectivity index (χ2n) is 7.23. The SMILES string of the molecule is CCc1ccc(N(CC(=O)N(Cc2cccc(Br)c2)[C@H](C)C(=O)NC)S(C)(=O)=O)cc1. The van der Waals surface area contributed by atoms with E-state index in [0.717, 1.165) is 32.6 Å². The molecular weight excluding hydrogens is 482 g/mol. The summed E-state index contributed by atoms with van der Waals surface area (Å²) in [5, 5.41) is 2.55. The number of nitrogens with one attached hydrogen (secondary N) is 1. The molecule has 0 spiro atoms. The molecule has 31 heavy (non-hydrogen) atoms. The number of hydrogen-bond donors (Lipinski definition) is 1. The molecule has 0 aliphatic heterocycles. The van der Waals surface area contributed by atoms with E-state index in [1.807, 2.05) is 43.3 Å². The largest absolute Gasteiger partial charge is 0.357 e. The van der Waals surface area contributed by atoms with Gasteiger partial charge in [-0.05, 0) is 48.7 Å². The molecule has 7 nitrogen and oxygen atoms in total. The van der Waals surface area contributed by atoms with Gasteiger partial charge in [0.2, 0.25) is 21.8 Å². The van der Waals surface area contributed by atoms with Crippen LogP contribution in [0.25, 0.3) is 0 Å². The number of benzene rings is 2. The number of aryl methyl sites for hydroxylation is 1. The number of amides is 2. The van der Waals surface area contributed by atoms with Gasteiger partial charge in [-0.1, -0.05) is 47.1 Å². The second kappa shape index (κ2) is 10.8. The van der Waals surface area contributed by atoms with Crippen LogP contribution in [-0.2, 0) is 32.6 Å². The molecule has 0 saturated carbocycles. The molecule has 1 N–H and O–H groups in total. The summed E-state index contributed by atoms with van der Waals surface area (Å²) in [7, 11) is -2.22. The van der Waals surface area contributed by atoms with Gasteiger partial charge in [-0.25, -0.2) is 8.42 Å². The van der Waals surface area contributed by atoms with E-state index >= 15 is 0 Å². The summed E-state index contributed by atoms with van der Waals surface area (Å²) >= 11 is 3.41. The van der Waals surface area contributed by atoms with E-state index < -0.39 is 28.5 Å². The van der Waals surface area contributed by atoms with E-state index in [9.17, 15) is 18.0 Å². The molecule has 0 fully saturated rings. The van der Waals surface area contributed by atoms with E-state index in [2.05, 4.69) is 21.2 Å². The molecule has 0 aliphatic rings. The first kappa shape index (κ1) is 24.9. The third kappa shape index (κ3) is 6.80. The van der Waals surface area contributed by atoms with E-state index in [4.69, 9.17) is 0 Å². The fourth-order valence-electron chi connectivity index (χ4n) is 3.14. The fraction of sp³-hybridized carbons (Fsp3) is 0.364. The number of anilines is 1. The minimum atomic E-state index is -3.72. The Morgan fingerprint density at radius 2 is 1.74 bits per heavy atom. The maximum Gasteiger partial charge on any atom is 0.244 e. The van der Waals surface area contributed by atoms with Gasteiger partial charge < -0.3 is 10.2 Å². The van der Waals surface area contributed by atoms with E-state index in [-0.39, 0.29) is 12.5 Å². The van der Waals surface area contributed by atoms with E-state index in [0.29, 0.717) is 5.69 Å². The number of carbonyl (C=O) groups is 2. The van der Waals surface area contributed by atoms with Crippen LogP contribution in [0.5, 0.6) is 0 Å². The predicted octanol–water partition coefficient (Wildman–Crippen LogP) is 2.94. The summed E-state index contributed by atoms with van der Waals surface area (Å²) in [5.74, 6) is -0.803. The van der Waals surface area contributed by atoms with Crippen molar-refractivity contribution in [1.29, 1.82) is 0 Å². The Kier molecular flexibility index (Phi) is 8.64. The van der Waals surface area contributed by atoms with Gasteiger partial charge in [0.15, 0.2) is 0 Å². The number of nitrogens with zero attached hydrogens (tertiary/aromatic N) is 2. The molecule has 2 rings (SSSR count). The molecule has 2 amide bonds. The van der Waals surface area contributed by atoms with Crippen LogP contribution in [0.3, 0.4) is 0 Å². The topological polar surface area (TPSA) is 86.8 Å². The third-order valence-electron chi connectivity index (χ3n) is 4.97. The molecule has 1 atom stereocenters. The van der Waals surface area contributed by atoms with Gasteiger partial charge in [0.1, 0.15) is 12.6 Å². The maximum atomic E-state index is 13.3. The van der Waals surface area contributed by atoms with Crippen molar-refractivity contribution in [2.24, 2.45) is 0 Å². The lowest BCUT2D eigenvalue weighted by molar-refractivity contribution is -0.139. The fourth-order valence-corrected chi connectivity index (χ4v) is 4.43. The zero-order valence-electron chi connectivity index (χ0n) is 18.1. The normalized spacial score (nSPS) is 12.2. The van der Waals surface area contributed by atoms with Crippen molar-refractivity contribution < 1.29 is 18.0 Å². The molecule has 0 bridgehead atoms. The lowest BCUT2D eigenvalue weighted by Gasteiger charge is -2.31. The van der Waals surface area contributed by atoms with Crippen molar-refractivity contribution >= 4 is 43.5 Å². The van der Waals surface area contributed by atoms with Crippen LogP contribution in [0, 0.1) is 0 Å². The van der Waals surface area contributed by atoms with Gasteiger partial charge in [0.05, 0.1) is 11.9 Å². The van der Waals surface area contributed by atoms with Crippen LogP contribution in [0.15, 0.2) is 53.0 Å². The molecule has 2 aromatic rings. The average molecular weight is 510 g/mol. The monoisotopic (exact) mass is 509 g/mol. The van der Waals surface area contributed by atoms with Gasteiger partial charge in [0.25, 0.3) is 0 Å². The van der Waals surface area contributed by atoms with Crippen molar-refractivity contribution in [1.82, 2.24) is 10.2 Å². The van der Waals surface area contributed by atoms with E-state index in [1.165, 1.54) is 11.9 Å². The molecule has 168 valence electrons. The van der Waals surface area contributed by atoms with E-state index in [1.54, 1.807) is 19.1 Å². The second-order valence-corrected chi connectivity index (χ2v) is 10.1. The first-order valence-corrected chi connectivity index (χ1v) is 12.5. The van der Waals surface area contributed by atoms with Crippen LogP contribution in [0.2, 0.25) is 0 Å². The molecule has 0 aliphatic carbocycles. The van der Waals surface area contributed by atoms with Gasteiger partial charge >= 0.3 is 0 Å². The smallest absolute Gasteiger partial charge is 0.244 e. The predicted molar refractivity (Wildman–Crippen MR) is 126 cm³/mol. The Labute approximate surface area is 192 Å². The Bertz CT molecular complexity index is 1030. The number of halogens is 1. The average Bonchev–Trinajstić information content (AvgIpc) is 2.74. The quantitative estimate of drug-likeness (QED) is 0.562. The van der Waals surface area contributed by atoms with Gasteiger partial charge in [-0.2, -0.15) is 0 Å². The Balaban J connectivity index is 2.36. The van der Waals surface area contributed by atoms with Crippen LogP contribution >= 0.6 is 15.9 Å². The van der Waals surface area contributed by atoms with Crippen LogP contribution in [-0.4, -0.2) is 51.0 Å². The molecule has 0 saturated heterocycles. The highest BCUT2D eigenvalue weighted by Crippen LogP contribution is 2.20. The van der Waals surface area contributed by atoms with Crippen molar-refractivity contribution in [3.8, 4) is 0 Å². The van der Waals surface area contributed by atoms with Crippen molar-refractivity contribution in [2.75, 3.05) is 24.2 Å². The maximum absolute atomic E-state index is 13.3. The van der Waals surface area contributed by atoms with Crippen molar-refractivity contribution in [3.05, 3.63) is 64.1 Å². The van der Waals surface area contributed by atoms with Crippen LogP contribution < -0.4 is 9.62 Å². The summed E-state index contributed by atoms with van der Waals surface area (Å²) in [4.78, 5) is 27.0. The zero-order chi connectivity index (χ0) is 23.2. The van der Waals surface area contributed by atoms with Crippen LogP contribution in [0.4, 0.5) is 5.69 Å². The number of sulfonamides is 1. The Morgan fingerprint density at radius 3 is 2.26 bits per heavy atom. The number of carbonyl (C=O) groups excluding carboxylic acids is 2. The minimum absolute atomic E-state index is 0.166. The van der Waals surface area contributed by atoms with Crippen molar-refractivity contribution in [2.45, 2.75) is 32.9 Å². The highest BCUT2D eigenvalue weighted by molar-refractivity contribution is 9.10. The summed E-state index contributed by atoms with van der Waals surface area (Å²) in [5.41, 5.74) is 2.28. The molecule has 0 heterocycles.